The van der Waals surface area contributed by atoms with Crippen LogP contribution in [0.15, 0.2) is 18.2 Å². The van der Waals surface area contributed by atoms with Gasteiger partial charge in [0.05, 0.1) is 0 Å². The fourth-order valence-corrected chi connectivity index (χ4v) is 5.56. The van der Waals surface area contributed by atoms with Crippen molar-refractivity contribution in [2.75, 3.05) is 0 Å². The van der Waals surface area contributed by atoms with Gasteiger partial charge in [0.25, 0.3) is 0 Å². The largest absolute Gasteiger partial charge is 0.299 e. The van der Waals surface area contributed by atoms with Gasteiger partial charge in [-0.3, -0.25) is 4.79 Å². The number of rotatable bonds is 12. The number of benzene rings is 1. The van der Waals surface area contributed by atoms with Crippen molar-refractivity contribution in [3.8, 4) is 0 Å². The van der Waals surface area contributed by atoms with Crippen LogP contribution < -0.4 is 0 Å². The van der Waals surface area contributed by atoms with Gasteiger partial charge in [-0.1, -0.05) is 109 Å². The van der Waals surface area contributed by atoms with Gasteiger partial charge < -0.3 is 0 Å². The Hall–Kier alpha value is -1.11. The second kappa shape index (κ2) is 12.6. The molecule has 2 aliphatic carbocycles. The zero-order valence-electron chi connectivity index (χ0n) is 19.0. The molecule has 0 unspecified atom stereocenters. The molecular formula is C28H44O. The van der Waals surface area contributed by atoms with E-state index in [2.05, 4.69) is 25.1 Å². The van der Waals surface area contributed by atoms with Crippen molar-refractivity contribution >= 4 is 5.78 Å². The third-order valence-electron chi connectivity index (χ3n) is 7.60. The lowest BCUT2D eigenvalue weighted by molar-refractivity contribution is -0.118. The lowest BCUT2D eigenvalue weighted by atomic mass is 9.77. The van der Waals surface area contributed by atoms with E-state index in [9.17, 15) is 4.79 Å². The van der Waals surface area contributed by atoms with E-state index in [4.69, 9.17) is 0 Å². The molecule has 0 saturated heterocycles. The summed E-state index contributed by atoms with van der Waals surface area (Å²) in [6, 6.07) is 6.91. The average Bonchev–Trinajstić information content (AvgIpc) is 2.75. The van der Waals surface area contributed by atoms with Gasteiger partial charge >= 0.3 is 0 Å². The summed E-state index contributed by atoms with van der Waals surface area (Å²) in [7, 11) is 0. The molecular weight excluding hydrogens is 352 g/mol. The standard InChI is InChI=1S/C28H44O/c1-2-3-4-5-6-7-8-9-10-23-11-13-24(14-12-23)15-16-25-17-18-27-22-28(29)20-19-26(27)21-25/h17-18,21,23-24H,2-16,19-20,22H2,1H3. The maximum atomic E-state index is 11.6. The van der Waals surface area contributed by atoms with Crippen LogP contribution in [0.5, 0.6) is 0 Å². The third-order valence-corrected chi connectivity index (χ3v) is 7.60. The van der Waals surface area contributed by atoms with E-state index >= 15 is 0 Å². The number of ketones is 1. The molecule has 0 N–H and O–H groups in total. The highest BCUT2D eigenvalue weighted by atomic mass is 16.1. The topological polar surface area (TPSA) is 17.1 Å². The van der Waals surface area contributed by atoms with Gasteiger partial charge in [-0.25, -0.2) is 0 Å². The Bertz CT molecular complexity index is 609. The highest BCUT2D eigenvalue weighted by molar-refractivity contribution is 5.83. The van der Waals surface area contributed by atoms with E-state index in [0.717, 1.165) is 24.7 Å². The minimum Gasteiger partial charge on any atom is -0.299 e. The van der Waals surface area contributed by atoms with Crippen molar-refractivity contribution in [1.82, 2.24) is 0 Å². The SMILES string of the molecule is CCCCCCCCCCC1CCC(CCc2ccc3c(c2)CCC(=O)C3)CC1. The Balaban J connectivity index is 1.25. The Kier molecular flexibility index (Phi) is 9.77. The monoisotopic (exact) mass is 396 g/mol. The van der Waals surface area contributed by atoms with Crippen molar-refractivity contribution in [3.63, 3.8) is 0 Å². The number of hydrogen-bond acceptors (Lipinski definition) is 1. The van der Waals surface area contributed by atoms with Crippen LogP contribution in [0.2, 0.25) is 0 Å². The van der Waals surface area contributed by atoms with Crippen LogP contribution in [0.4, 0.5) is 0 Å². The fraction of sp³-hybridized carbons (Fsp3) is 0.750. The summed E-state index contributed by atoms with van der Waals surface area (Å²) in [4.78, 5) is 11.6. The number of carbonyl (C=O) groups excluding carboxylic acids is 1. The molecule has 1 fully saturated rings. The van der Waals surface area contributed by atoms with E-state index < -0.39 is 0 Å². The molecule has 1 aromatic rings. The van der Waals surface area contributed by atoms with E-state index in [1.165, 1.54) is 113 Å². The second-order valence-electron chi connectivity index (χ2n) is 10.0. The number of fused-ring (bicyclic) bond motifs is 1. The maximum Gasteiger partial charge on any atom is 0.137 e. The summed E-state index contributed by atoms with van der Waals surface area (Å²) in [6.45, 7) is 2.30. The van der Waals surface area contributed by atoms with Crippen LogP contribution in [0.1, 0.15) is 120 Å². The molecule has 0 radical (unpaired) electrons. The number of aryl methyl sites for hydroxylation is 2. The first-order valence-corrected chi connectivity index (χ1v) is 12.9. The molecule has 0 bridgehead atoms. The van der Waals surface area contributed by atoms with Crippen LogP contribution in [-0.2, 0) is 24.1 Å². The van der Waals surface area contributed by atoms with Crippen LogP contribution >= 0.6 is 0 Å². The van der Waals surface area contributed by atoms with Gasteiger partial charge in [-0.05, 0) is 47.8 Å². The summed E-state index contributed by atoms with van der Waals surface area (Å²) in [5.74, 6) is 2.38. The molecule has 0 atom stereocenters. The number of hydrogen-bond donors (Lipinski definition) is 0. The van der Waals surface area contributed by atoms with E-state index in [0.29, 0.717) is 12.2 Å². The lowest BCUT2D eigenvalue weighted by Gasteiger charge is -2.28. The molecule has 1 saturated carbocycles. The highest BCUT2D eigenvalue weighted by Gasteiger charge is 2.21. The minimum atomic E-state index is 0.411. The zero-order chi connectivity index (χ0) is 20.3. The Labute approximate surface area is 180 Å². The summed E-state index contributed by atoms with van der Waals surface area (Å²) in [5, 5.41) is 0. The molecule has 162 valence electrons. The average molecular weight is 397 g/mol. The molecule has 0 spiro atoms. The van der Waals surface area contributed by atoms with Crippen molar-refractivity contribution in [3.05, 3.63) is 34.9 Å². The van der Waals surface area contributed by atoms with Crippen LogP contribution in [0.3, 0.4) is 0 Å². The van der Waals surface area contributed by atoms with E-state index in [1.807, 2.05) is 0 Å². The van der Waals surface area contributed by atoms with Crippen molar-refractivity contribution in [2.45, 2.75) is 122 Å². The molecule has 0 heterocycles. The highest BCUT2D eigenvalue weighted by Crippen LogP contribution is 2.34. The van der Waals surface area contributed by atoms with Gasteiger partial charge in [0.1, 0.15) is 5.78 Å². The molecule has 0 amide bonds. The molecule has 1 heteroatoms. The Morgan fingerprint density at radius 2 is 1.41 bits per heavy atom. The summed E-state index contributed by atoms with van der Waals surface area (Å²) < 4.78 is 0. The molecule has 29 heavy (non-hydrogen) atoms. The Morgan fingerprint density at radius 3 is 2.14 bits per heavy atom. The Morgan fingerprint density at radius 1 is 0.759 bits per heavy atom. The molecule has 3 rings (SSSR count). The summed E-state index contributed by atoms with van der Waals surface area (Å²) >= 11 is 0. The molecule has 1 aromatic carbocycles. The number of Topliss-reactive ketones (excluding diaryl/α,β-unsaturated/α-hetero) is 1. The molecule has 2 aliphatic rings. The van der Waals surface area contributed by atoms with Gasteiger partial charge in [0.15, 0.2) is 0 Å². The first-order valence-electron chi connectivity index (χ1n) is 12.9. The predicted molar refractivity (Wildman–Crippen MR) is 124 cm³/mol. The summed E-state index contributed by atoms with van der Waals surface area (Å²) in [6.07, 6.45) is 23.9. The van der Waals surface area contributed by atoms with Gasteiger partial charge in [0, 0.05) is 12.8 Å². The van der Waals surface area contributed by atoms with Gasteiger partial charge in [-0.2, -0.15) is 0 Å². The predicted octanol–water partition coefficient (Wildman–Crippen LogP) is 8.01. The fourth-order valence-electron chi connectivity index (χ4n) is 5.56. The van der Waals surface area contributed by atoms with Crippen molar-refractivity contribution in [2.24, 2.45) is 11.8 Å². The van der Waals surface area contributed by atoms with E-state index in [1.54, 1.807) is 0 Å². The smallest absolute Gasteiger partial charge is 0.137 e. The second-order valence-corrected chi connectivity index (χ2v) is 10.0. The first-order chi connectivity index (χ1) is 14.2. The normalized spacial score (nSPS) is 21.9. The van der Waals surface area contributed by atoms with Crippen molar-refractivity contribution in [1.29, 1.82) is 0 Å². The quantitative estimate of drug-likeness (QED) is 0.327. The first kappa shape index (κ1) is 22.6. The van der Waals surface area contributed by atoms with Crippen LogP contribution in [0, 0.1) is 11.8 Å². The van der Waals surface area contributed by atoms with Gasteiger partial charge in [0.2, 0.25) is 0 Å². The minimum absolute atomic E-state index is 0.411. The maximum absolute atomic E-state index is 11.6. The van der Waals surface area contributed by atoms with E-state index in [-0.39, 0.29) is 0 Å². The molecule has 0 aromatic heterocycles. The molecule has 1 nitrogen and oxygen atoms in total. The van der Waals surface area contributed by atoms with Gasteiger partial charge in [-0.15, -0.1) is 0 Å². The zero-order valence-corrected chi connectivity index (χ0v) is 19.0. The lowest BCUT2D eigenvalue weighted by Crippen LogP contribution is -2.16. The number of unbranched alkanes of at least 4 members (excludes halogenated alkanes) is 7. The van der Waals surface area contributed by atoms with Crippen LogP contribution in [-0.4, -0.2) is 5.78 Å². The summed E-state index contributed by atoms with van der Waals surface area (Å²) in [5.41, 5.74) is 4.22. The van der Waals surface area contributed by atoms with Crippen molar-refractivity contribution < 1.29 is 4.79 Å². The van der Waals surface area contributed by atoms with Crippen LogP contribution in [0.25, 0.3) is 0 Å². The number of carbonyl (C=O) groups is 1. The molecule has 0 aliphatic heterocycles. The third kappa shape index (κ3) is 7.91.